The second kappa shape index (κ2) is 3.32. The number of hydrogen-bond acceptors (Lipinski definition) is 1. The molecule has 0 spiro atoms. The Labute approximate surface area is 79.0 Å². The summed E-state index contributed by atoms with van der Waals surface area (Å²) in [6.07, 6.45) is -4.47. The van der Waals surface area contributed by atoms with E-state index in [2.05, 4.69) is 0 Å². The van der Waals surface area contributed by atoms with E-state index >= 15 is 0 Å². The molecular weight excluding hydrogens is 193 g/mol. The molecule has 0 aliphatic heterocycles. The molecule has 0 radical (unpaired) electrons. The van der Waals surface area contributed by atoms with E-state index < -0.39 is 17.6 Å². The molecule has 5 heteroatoms. The van der Waals surface area contributed by atoms with E-state index in [1.54, 1.807) is 0 Å². The summed E-state index contributed by atoms with van der Waals surface area (Å²) in [5.74, 6) is -0.560. The number of hydrogen-bond donors (Lipinski definition) is 2. The quantitative estimate of drug-likeness (QED) is 0.532. The Morgan fingerprint density at radius 2 is 1.93 bits per heavy atom. The number of nitrogens with one attached hydrogen (secondary N) is 1. The highest BCUT2D eigenvalue weighted by Crippen LogP contribution is 2.32. The monoisotopic (exact) mass is 202 g/mol. The second-order valence-corrected chi connectivity index (χ2v) is 2.91. The summed E-state index contributed by atoms with van der Waals surface area (Å²) in [5, 5.41) is 7.07. The highest BCUT2D eigenvalue weighted by Gasteiger charge is 2.34. The number of rotatable bonds is 1. The summed E-state index contributed by atoms with van der Waals surface area (Å²) in [6.45, 7) is 1.49. The molecule has 1 aromatic carbocycles. The van der Waals surface area contributed by atoms with Gasteiger partial charge in [0.2, 0.25) is 0 Å². The number of aryl methyl sites for hydroxylation is 1. The van der Waals surface area contributed by atoms with Crippen LogP contribution in [0.1, 0.15) is 16.7 Å². The fraction of sp³-hybridized carbons (Fsp3) is 0.222. The minimum Gasteiger partial charge on any atom is -0.384 e. The van der Waals surface area contributed by atoms with Crippen LogP contribution in [0.2, 0.25) is 0 Å². The smallest absolute Gasteiger partial charge is 0.384 e. The fourth-order valence-electron chi connectivity index (χ4n) is 1.26. The van der Waals surface area contributed by atoms with Crippen molar-refractivity contribution in [3.05, 3.63) is 34.9 Å². The van der Waals surface area contributed by atoms with E-state index in [0.717, 1.165) is 6.07 Å². The van der Waals surface area contributed by atoms with Crippen LogP contribution in [0, 0.1) is 12.3 Å². The molecule has 1 rings (SSSR count). The fourth-order valence-corrected chi connectivity index (χ4v) is 1.26. The summed E-state index contributed by atoms with van der Waals surface area (Å²) in [5.41, 5.74) is 4.36. The number of amidine groups is 1. The van der Waals surface area contributed by atoms with Gasteiger partial charge in [-0.2, -0.15) is 13.2 Å². The molecular formula is C9H9F3N2. The maximum absolute atomic E-state index is 12.4. The molecule has 3 N–H and O–H groups in total. The lowest BCUT2D eigenvalue weighted by molar-refractivity contribution is -0.137. The maximum atomic E-state index is 12.4. The first kappa shape index (κ1) is 10.6. The van der Waals surface area contributed by atoms with E-state index in [1.165, 1.54) is 19.1 Å². The second-order valence-electron chi connectivity index (χ2n) is 2.91. The van der Waals surface area contributed by atoms with E-state index in [0.29, 0.717) is 5.56 Å². The van der Waals surface area contributed by atoms with Crippen LogP contribution in [-0.4, -0.2) is 5.84 Å². The normalized spacial score (nSPS) is 11.4. The van der Waals surface area contributed by atoms with Crippen LogP contribution in [0.25, 0.3) is 0 Å². The van der Waals surface area contributed by atoms with Crippen LogP contribution < -0.4 is 5.73 Å². The Bertz CT molecular complexity index is 369. The van der Waals surface area contributed by atoms with Gasteiger partial charge in [0.25, 0.3) is 0 Å². The van der Waals surface area contributed by atoms with Crippen molar-refractivity contribution in [2.75, 3.05) is 0 Å². The zero-order valence-corrected chi connectivity index (χ0v) is 7.44. The van der Waals surface area contributed by atoms with Gasteiger partial charge >= 0.3 is 6.18 Å². The van der Waals surface area contributed by atoms with E-state index in [4.69, 9.17) is 11.1 Å². The molecule has 0 aliphatic rings. The molecule has 0 aromatic heterocycles. The SMILES string of the molecule is Cc1cccc(C(F)(F)F)c1C(=N)N. The molecule has 0 fully saturated rings. The van der Waals surface area contributed by atoms with Crippen LogP contribution in [0.5, 0.6) is 0 Å². The molecule has 2 nitrogen and oxygen atoms in total. The third-order valence-corrected chi connectivity index (χ3v) is 1.85. The lowest BCUT2D eigenvalue weighted by Crippen LogP contribution is -2.20. The van der Waals surface area contributed by atoms with Gasteiger partial charge in [-0.25, -0.2) is 0 Å². The van der Waals surface area contributed by atoms with E-state index in [9.17, 15) is 13.2 Å². The minimum absolute atomic E-state index is 0.236. The van der Waals surface area contributed by atoms with Gasteiger partial charge in [0.1, 0.15) is 5.84 Å². The number of alkyl halides is 3. The van der Waals surface area contributed by atoms with Crippen LogP contribution in [0.15, 0.2) is 18.2 Å². The number of halogens is 3. The third-order valence-electron chi connectivity index (χ3n) is 1.85. The van der Waals surface area contributed by atoms with Crippen molar-refractivity contribution < 1.29 is 13.2 Å². The number of benzene rings is 1. The molecule has 0 unspecified atom stereocenters. The largest absolute Gasteiger partial charge is 0.417 e. The van der Waals surface area contributed by atoms with Crippen molar-refractivity contribution in [3.63, 3.8) is 0 Å². The van der Waals surface area contributed by atoms with Gasteiger partial charge in [-0.1, -0.05) is 12.1 Å². The Kier molecular flexibility index (Phi) is 2.51. The summed E-state index contributed by atoms with van der Waals surface area (Å²) in [7, 11) is 0. The Hall–Kier alpha value is -1.52. The van der Waals surface area contributed by atoms with Gasteiger partial charge in [-0.3, -0.25) is 5.41 Å². The number of nitrogen functional groups attached to an aromatic ring is 1. The average Bonchev–Trinajstić information content (AvgIpc) is 2.01. The first-order valence-electron chi connectivity index (χ1n) is 3.85. The van der Waals surface area contributed by atoms with E-state index in [1.807, 2.05) is 0 Å². The van der Waals surface area contributed by atoms with Crippen molar-refractivity contribution in [2.45, 2.75) is 13.1 Å². The Morgan fingerprint density at radius 3 is 2.29 bits per heavy atom. The van der Waals surface area contributed by atoms with Crippen LogP contribution in [-0.2, 0) is 6.18 Å². The molecule has 0 amide bonds. The third kappa shape index (κ3) is 1.86. The topological polar surface area (TPSA) is 49.9 Å². The standard InChI is InChI=1S/C9H9F3N2/c1-5-3-2-4-6(9(10,11)12)7(5)8(13)14/h2-4H,1H3,(H3,13,14). The molecule has 0 heterocycles. The van der Waals surface area contributed by atoms with Gasteiger partial charge in [0, 0.05) is 5.56 Å². The molecule has 76 valence electrons. The zero-order valence-electron chi connectivity index (χ0n) is 7.44. The van der Waals surface area contributed by atoms with Crippen LogP contribution in [0.3, 0.4) is 0 Å². The molecule has 1 aromatic rings. The molecule has 14 heavy (non-hydrogen) atoms. The molecule has 0 bridgehead atoms. The molecule has 0 saturated carbocycles. The van der Waals surface area contributed by atoms with Gasteiger partial charge in [-0.05, 0) is 18.6 Å². The lowest BCUT2D eigenvalue weighted by Gasteiger charge is -2.13. The summed E-state index contributed by atoms with van der Waals surface area (Å²) >= 11 is 0. The Morgan fingerprint density at radius 1 is 1.36 bits per heavy atom. The highest BCUT2D eigenvalue weighted by atomic mass is 19.4. The Balaban J connectivity index is 3.44. The van der Waals surface area contributed by atoms with Crippen molar-refractivity contribution in [1.29, 1.82) is 5.41 Å². The molecule has 0 aliphatic carbocycles. The number of nitrogens with two attached hydrogens (primary N) is 1. The van der Waals surface area contributed by atoms with Gasteiger partial charge in [-0.15, -0.1) is 0 Å². The molecule has 0 atom stereocenters. The van der Waals surface area contributed by atoms with Gasteiger partial charge in [0.05, 0.1) is 5.56 Å². The van der Waals surface area contributed by atoms with Crippen molar-refractivity contribution in [3.8, 4) is 0 Å². The highest BCUT2D eigenvalue weighted by molar-refractivity contribution is 5.98. The van der Waals surface area contributed by atoms with E-state index in [-0.39, 0.29) is 5.56 Å². The average molecular weight is 202 g/mol. The van der Waals surface area contributed by atoms with Gasteiger partial charge < -0.3 is 5.73 Å². The van der Waals surface area contributed by atoms with Gasteiger partial charge in [0.15, 0.2) is 0 Å². The van der Waals surface area contributed by atoms with Crippen molar-refractivity contribution in [1.82, 2.24) is 0 Å². The van der Waals surface area contributed by atoms with Crippen LogP contribution >= 0.6 is 0 Å². The summed E-state index contributed by atoms with van der Waals surface area (Å²) < 4.78 is 37.3. The maximum Gasteiger partial charge on any atom is 0.417 e. The predicted octanol–water partition coefficient (Wildman–Crippen LogP) is 2.30. The van der Waals surface area contributed by atoms with Crippen LogP contribution in [0.4, 0.5) is 13.2 Å². The predicted molar refractivity (Wildman–Crippen MR) is 47.2 cm³/mol. The molecule has 0 saturated heterocycles. The van der Waals surface area contributed by atoms with Crippen molar-refractivity contribution in [2.24, 2.45) is 5.73 Å². The lowest BCUT2D eigenvalue weighted by atomic mass is 10.0. The minimum atomic E-state index is -4.47. The summed E-state index contributed by atoms with van der Waals surface area (Å²) in [6, 6.07) is 3.71. The first-order chi connectivity index (χ1) is 6.34. The summed E-state index contributed by atoms with van der Waals surface area (Å²) in [4.78, 5) is 0. The first-order valence-corrected chi connectivity index (χ1v) is 3.85. The van der Waals surface area contributed by atoms with Crippen molar-refractivity contribution >= 4 is 5.84 Å². The zero-order chi connectivity index (χ0) is 10.9.